The molecule has 19 heteroatoms. The van der Waals surface area contributed by atoms with E-state index >= 15 is 0 Å². The van der Waals surface area contributed by atoms with E-state index in [0.717, 1.165) is 51.4 Å². The van der Waals surface area contributed by atoms with Crippen LogP contribution in [0.5, 0.6) is 0 Å². The molecule has 3 saturated heterocycles. The first-order chi connectivity index (χ1) is 47.8. The van der Waals surface area contributed by atoms with Crippen molar-refractivity contribution in [3.05, 3.63) is 60.8 Å². The SMILES string of the molecule is CCCCCCC/C=C\C/C=C\C/C=C\CCCCCCCCCCCCCCCCCCCCC(=O)NC(COC1OC(CO)C(OC2OC(CO)C(OC3OC(CO)C(O)C(O)C3O)C(O)C2O)C(O)C1O)C(O)/C=C/CC/C=C/CCCCCCCCCCCCCCCC. The molecule has 0 aromatic heterocycles. The van der Waals surface area contributed by atoms with Crippen LogP contribution in [0.25, 0.3) is 0 Å². The van der Waals surface area contributed by atoms with Gasteiger partial charge in [0.2, 0.25) is 5.91 Å². The second-order valence-electron chi connectivity index (χ2n) is 28.2. The van der Waals surface area contributed by atoms with Gasteiger partial charge in [-0.05, 0) is 70.6 Å². The van der Waals surface area contributed by atoms with Gasteiger partial charge >= 0.3 is 0 Å². The summed E-state index contributed by atoms with van der Waals surface area (Å²) in [5, 5.41) is 121. The molecule has 3 heterocycles. The Morgan fingerprint density at radius 1 is 0.367 bits per heavy atom. The smallest absolute Gasteiger partial charge is 0.220 e. The maximum absolute atomic E-state index is 13.5. The molecule has 98 heavy (non-hydrogen) atoms. The van der Waals surface area contributed by atoms with Crippen LogP contribution in [0.1, 0.15) is 303 Å². The molecule has 3 aliphatic rings. The van der Waals surface area contributed by atoms with E-state index in [0.29, 0.717) is 12.8 Å². The molecule has 17 atom stereocenters. The minimum atomic E-state index is -1.98. The lowest BCUT2D eigenvalue weighted by Crippen LogP contribution is -2.66. The quantitative estimate of drug-likeness (QED) is 0.0199. The summed E-state index contributed by atoms with van der Waals surface area (Å²) >= 11 is 0. The molecule has 0 radical (unpaired) electrons. The predicted molar refractivity (Wildman–Crippen MR) is 388 cm³/mol. The Bertz CT molecular complexity index is 2010. The van der Waals surface area contributed by atoms with Gasteiger partial charge in [-0.1, -0.05) is 286 Å². The number of amides is 1. The van der Waals surface area contributed by atoms with Crippen LogP contribution < -0.4 is 5.32 Å². The number of unbranched alkanes of at least 4 members (excludes halogenated alkanes) is 38. The van der Waals surface area contributed by atoms with Crippen molar-refractivity contribution in [3.8, 4) is 0 Å². The standard InChI is InChI=1S/C79H143NO18/c1-3-5-7-9-11-13-15-17-19-21-23-25-26-27-28-29-30-31-32-33-34-35-36-37-39-41-43-45-47-49-51-53-55-57-67(85)80-62(63(84)56-54-52-50-48-46-44-42-40-38-24-22-20-18-16-14-12-10-8-6-4-2)61-93-77-73(91)70(88)75(65(59-82)95-77)98-79-74(92)71(89)76(66(60-83)96-79)97-78-72(90)69(87)68(86)64(58-81)94-78/h15,17,21,23,26-27,46,48,54,56,62-66,68-79,81-84,86-92H,3-14,16,18-20,22,24-25,28-45,47,49-53,55,57-61H2,1-2H3,(H,80,85)/b17-15-,23-21-,27-26-,48-46+,56-54+. The first kappa shape index (κ1) is 89.7. The van der Waals surface area contributed by atoms with Crippen molar-refractivity contribution in [2.75, 3.05) is 26.4 Å². The summed E-state index contributed by atoms with van der Waals surface area (Å²) < 4.78 is 34.4. The molecule has 1 amide bonds. The van der Waals surface area contributed by atoms with Crippen LogP contribution in [0, 0.1) is 0 Å². The molecule has 3 aliphatic heterocycles. The van der Waals surface area contributed by atoms with Crippen molar-refractivity contribution in [1.82, 2.24) is 5.32 Å². The zero-order chi connectivity index (χ0) is 71.1. The number of carbonyl (C=O) groups excluding carboxylic acids is 1. The van der Waals surface area contributed by atoms with Crippen LogP contribution >= 0.6 is 0 Å². The average Bonchev–Trinajstić information content (AvgIpc) is 0.782. The monoisotopic (exact) mass is 1390 g/mol. The molecular weight excluding hydrogens is 1250 g/mol. The van der Waals surface area contributed by atoms with Crippen LogP contribution in [0.4, 0.5) is 0 Å². The Hall–Kier alpha value is -2.51. The Kier molecular flexibility index (Phi) is 54.8. The third-order valence-corrected chi connectivity index (χ3v) is 19.5. The first-order valence-corrected chi connectivity index (χ1v) is 39.5. The van der Waals surface area contributed by atoms with Crippen molar-refractivity contribution in [1.29, 1.82) is 0 Å². The summed E-state index contributed by atoms with van der Waals surface area (Å²) in [4.78, 5) is 13.5. The normalized spacial score (nSPS) is 27.1. The zero-order valence-corrected chi connectivity index (χ0v) is 61.0. The fourth-order valence-corrected chi connectivity index (χ4v) is 13.2. The van der Waals surface area contributed by atoms with Crippen LogP contribution in [-0.4, -0.2) is 193 Å². The Morgan fingerprint density at radius 3 is 1.09 bits per heavy atom. The number of aliphatic hydroxyl groups excluding tert-OH is 11. The first-order valence-electron chi connectivity index (χ1n) is 39.5. The predicted octanol–water partition coefficient (Wildman–Crippen LogP) is 12.7. The van der Waals surface area contributed by atoms with Crippen LogP contribution in [0.3, 0.4) is 0 Å². The average molecular weight is 1400 g/mol. The second kappa shape index (κ2) is 59.8. The molecule has 19 nitrogen and oxygen atoms in total. The van der Waals surface area contributed by atoms with Gasteiger partial charge < -0.3 is 89.9 Å². The lowest BCUT2D eigenvalue weighted by Gasteiger charge is -2.48. The van der Waals surface area contributed by atoms with Crippen molar-refractivity contribution in [2.24, 2.45) is 0 Å². The van der Waals surface area contributed by atoms with E-state index in [-0.39, 0.29) is 18.9 Å². The van der Waals surface area contributed by atoms with Crippen LogP contribution in [0.15, 0.2) is 60.8 Å². The lowest BCUT2D eigenvalue weighted by molar-refractivity contribution is -0.379. The van der Waals surface area contributed by atoms with Gasteiger partial charge in [-0.3, -0.25) is 4.79 Å². The summed E-state index contributed by atoms with van der Waals surface area (Å²) in [6, 6.07) is -0.992. The fraction of sp³-hybridized carbons (Fsp3) is 0.861. The minimum absolute atomic E-state index is 0.236. The molecule has 0 aromatic carbocycles. The van der Waals surface area contributed by atoms with Gasteiger partial charge in [0.25, 0.3) is 0 Å². The van der Waals surface area contributed by atoms with E-state index < -0.39 is 124 Å². The maximum Gasteiger partial charge on any atom is 0.220 e. The molecule has 0 aliphatic carbocycles. The second-order valence-corrected chi connectivity index (χ2v) is 28.2. The third kappa shape index (κ3) is 39.9. The van der Waals surface area contributed by atoms with Gasteiger partial charge in [-0.2, -0.15) is 0 Å². The topological polar surface area (TPSA) is 307 Å². The van der Waals surface area contributed by atoms with Gasteiger partial charge in [0.1, 0.15) is 73.2 Å². The van der Waals surface area contributed by atoms with E-state index in [9.17, 15) is 61.0 Å². The minimum Gasteiger partial charge on any atom is -0.394 e. The Morgan fingerprint density at radius 2 is 0.684 bits per heavy atom. The molecule has 3 fully saturated rings. The van der Waals surface area contributed by atoms with Crippen molar-refractivity contribution in [3.63, 3.8) is 0 Å². The van der Waals surface area contributed by atoms with Crippen molar-refractivity contribution in [2.45, 2.75) is 407 Å². The number of allylic oxidation sites excluding steroid dienone is 9. The Balaban J connectivity index is 1.37. The van der Waals surface area contributed by atoms with Crippen molar-refractivity contribution < 1.29 is 89.4 Å². The molecule has 12 N–H and O–H groups in total. The number of carbonyl (C=O) groups is 1. The van der Waals surface area contributed by atoms with E-state index in [2.05, 4.69) is 67.8 Å². The number of nitrogens with one attached hydrogen (secondary N) is 1. The summed E-state index contributed by atoms with van der Waals surface area (Å²) in [7, 11) is 0. The van der Waals surface area contributed by atoms with E-state index in [1.807, 2.05) is 6.08 Å². The summed E-state index contributed by atoms with van der Waals surface area (Å²) in [5.41, 5.74) is 0. The summed E-state index contributed by atoms with van der Waals surface area (Å²) in [6.07, 6.45) is 49.2. The van der Waals surface area contributed by atoms with Gasteiger partial charge in [0, 0.05) is 6.42 Å². The van der Waals surface area contributed by atoms with Crippen LogP contribution in [0.2, 0.25) is 0 Å². The Labute approximate surface area is 592 Å². The van der Waals surface area contributed by atoms with Gasteiger partial charge in [-0.15, -0.1) is 0 Å². The number of hydrogen-bond acceptors (Lipinski definition) is 18. The highest BCUT2D eigenvalue weighted by Crippen LogP contribution is 2.33. The zero-order valence-electron chi connectivity index (χ0n) is 61.0. The summed E-state index contributed by atoms with van der Waals surface area (Å²) in [6.45, 7) is 1.73. The highest BCUT2D eigenvalue weighted by atomic mass is 16.8. The number of hydrogen-bond donors (Lipinski definition) is 12. The molecular formula is C79H143NO18. The molecule has 17 unspecified atom stereocenters. The van der Waals surface area contributed by atoms with Crippen LogP contribution in [-0.2, 0) is 33.2 Å². The lowest BCUT2D eigenvalue weighted by atomic mass is 9.96. The number of rotatable bonds is 62. The van der Waals surface area contributed by atoms with E-state index in [4.69, 9.17) is 28.4 Å². The molecule has 0 spiro atoms. The highest BCUT2D eigenvalue weighted by molar-refractivity contribution is 5.76. The molecule has 3 rings (SSSR count). The number of ether oxygens (including phenoxy) is 6. The third-order valence-electron chi connectivity index (χ3n) is 19.5. The molecule has 0 bridgehead atoms. The van der Waals surface area contributed by atoms with E-state index in [1.54, 1.807) is 6.08 Å². The van der Waals surface area contributed by atoms with E-state index in [1.165, 1.54) is 218 Å². The van der Waals surface area contributed by atoms with Gasteiger partial charge in [-0.25, -0.2) is 0 Å². The fourth-order valence-electron chi connectivity index (χ4n) is 13.2. The van der Waals surface area contributed by atoms with Gasteiger partial charge in [0.15, 0.2) is 18.9 Å². The molecule has 572 valence electrons. The maximum atomic E-state index is 13.5. The highest BCUT2D eigenvalue weighted by Gasteiger charge is 2.53. The van der Waals surface area contributed by atoms with Gasteiger partial charge in [0.05, 0.1) is 38.6 Å². The summed E-state index contributed by atoms with van der Waals surface area (Å²) in [5.74, 6) is -0.282. The molecule has 0 aromatic rings. The number of aliphatic hydroxyl groups is 11. The largest absolute Gasteiger partial charge is 0.394 e. The molecule has 0 saturated carbocycles. The van der Waals surface area contributed by atoms with Crippen molar-refractivity contribution >= 4 is 5.91 Å².